The number of rotatable bonds is 4. The molecule has 0 saturated heterocycles. The van der Waals surface area contributed by atoms with E-state index >= 15 is 0 Å². The van der Waals surface area contributed by atoms with Crippen molar-refractivity contribution in [1.29, 1.82) is 5.26 Å². The molecule has 2 heterocycles. The lowest BCUT2D eigenvalue weighted by atomic mass is 9.83. The zero-order valence-corrected chi connectivity index (χ0v) is 15.8. The Balaban J connectivity index is 1.54. The van der Waals surface area contributed by atoms with Gasteiger partial charge in [0.1, 0.15) is 12.4 Å². The fourth-order valence-corrected chi connectivity index (χ4v) is 5.43. The minimum Gasteiger partial charge on any atom is -0.347 e. The van der Waals surface area contributed by atoms with Gasteiger partial charge in [0.05, 0.1) is 22.9 Å². The van der Waals surface area contributed by atoms with Crippen LogP contribution >= 0.6 is 0 Å². The second-order valence-corrected chi connectivity index (χ2v) is 9.31. The average molecular weight is 382 g/mol. The number of fused-ring (bicyclic) bond motifs is 1. The maximum absolute atomic E-state index is 12.9. The summed E-state index contributed by atoms with van der Waals surface area (Å²) >= 11 is 0. The van der Waals surface area contributed by atoms with Crippen molar-refractivity contribution in [2.24, 2.45) is 15.9 Å². The second-order valence-electron chi connectivity index (χ2n) is 7.27. The van der Waals surface area contributed by atoms with Crippen molar-refractivity contribution in [2.75, 3.05) is 6.67 Å². The minimum atomic E-state index is -3.56. The summed E-state index contributed by atoms with van der Waals surface area (Å²) in [6.45, 7) is 0.554. The van der Waals surface area contributed by atoms with Gasteiger partial charge in [0.15, 0.2) is 5.37 Å². The highest BCUT2D eigenvalue weighted by atomic mass is 32.2. The van der Waals surface area contributed by atoms with Crippen molar-refractivity contribution in [3.63, 3.8) is 0 Å². The van der Waals surface area contributed by atoms with Gasteiger partial charge in [0, 0.05) is 12.5 Å². The second kappa shape index (κ2) is 7.28. The first-order chi connectivity index (χ1) is 13.1. The lowest BCUT2D eigenvalue weighted by molar-refractivity contribution is 0.190. The van der Waals surface area contributed by atoms with E-state index in [4.69, 9.17) is 5.26 Å². The van der Waals surface area contributed by atoms with E-state index in [0.29, 0.717) is 25.0 Å². The number of sulfone groups is 1. The Labute approximate surface area is 159 Å². The Bertz CT molecular complexity index is 936. The fourth-order valence-electron chi connectivity index (χ4n) is 4.09. The molecule has 7 heteroatoms. The molecule has 4 rings (SSSR count). The summed E-state index contributed by atoms with van der Waals surface area (Å²) in [5.41, 5.74) is 1.66. The summed E-state index contributed by atoms with van der Waals surface area (Å²) in [4.78, 5) is 11.3. The molecule has 1 unspecified atom stereocenters. The van der Waals surface area contributed by atoms with Crippen LogP contribution in [-0.2, 0) is 9.84 Å². The number of dihydropyridines is 1. The molecule has 27 heavy (non-hydrogen) atoms. The third-order valence-electron chi connectivity index (χ3n) is 5.64. The van der Waals surface area contributed by atoms with E-state index in [1.54, 1.807) is 42.6 Å². The van der Waals surface area contributed by atoms with Crippen LogP contribution in [0.5, 0.6) is 0 Å². The Morgan fingerprint density at radius 1 is 1.15 bits per heavy atom. The molecular weight excluding hydrogens is 360 g/mol. The van der Waals surface area contributed by atoms with Crippen LogP contribution in [-0.4, -0.2) is 43.3 Å². The first kappa shape index (κ1) is 17.9. The maximum atomic E-state index is 12.9. The molecule has 6 nitrogen and oxygen atoms in total. The van der Waals surface area contributed by atoms with E-state index in [0.717, 1.165) is 37.1 Å². The molecule has 0 radical (unpaired) electrons. The molecule has 1 aromatic carbocycles. The zero-order valence-electron chi connectivity index (χ0n) is 15.0. The van der Waals surface area contributed by atoms with Gasteiger partial charge < -0.3 is 4.90 Å². The Morgan fingerprint density at radius 3 is 2.59 bits per heavy atom. The number of nitriles is 1. The molecule has 0 amide bonds. The highest BCUT2D eigenvalue weighted by Crippen LogP contribution is 2.34. The lowest BCUT2D eigenvalue weighted by Gasteiger charge is -2.36. The maximum Gasteiger partial charge on any atom is 0.205 e. The Morgan fingerprint density at radius 2 is 1.89 bits per heavy atom. The predicted molar refractivity (Wildman–Crippen MR) is 104 cm³/mol. The summed E-state index contributed by atoms with van der Waals surface area (Å²) in [6, 6.07) is 11.1. The molecule has 1 fully saturated rings. The standard InChI is InChI=1S/C20H22N4O2S/c21-11-10-15-6-8-16(9-7-15)24-14-23-18-13-22-20(12-19(18)24)27(25,26)17-4-2-1-3-5-17/h1-5,12-13,15-16,20H,6-10,14H2. The SMILES string of the molecule is N#CCC1CCC(N2CN=C3C=NC(S(=O)(=O)c4ccccc4)C=C32)CC1. The molecule has 0 aromatic heterocycles. The molecule has 0 spiro atoms. The topological polar surface area (TPSA) is 85.9 Å². The number of aliphatic imine (C=N–C) groups is 2. The third kappa shape index (κ3) is 3.42. The van der Waals surface area contributed by atoms with Crippen molar-refractivity contribution in [3.8, 4) is 6.07 Å². The molecule has 1 aliphatic carbocycles. The average Bonchev–Trinajstić information content (AvgIpc) is 3.13. The van der Waals surface area contributed by atoms with E-state index in [9.17, 15) is 8.42 Å². The molecule has 3 aliphatic rings. The van der Waals surface area contributed by atoms with Crippen molar-refractivity contribution in [2.45, 2.75) is 48.4 Å². The summed E-state index contributed by atoms with van der Waals surface area (Å²) in [7, 11) is -3.56. The molecule has 1 saturated carbocycles. The van der Waals surface area contributed by atoms with Crippen molar-refractivity contribution in [1.82, 2.24) is 4.90 Å². The highest BCUT2D eigenvalue weighted by molar-refractivity contribution is 7.92. The smallest absolute Gasteiger partial charge is 0.205 e. The van der Waals surface area contributed by atoms with Crippen LogP contribution in [0.1, 0.15) is 32.1 Å². The van der Waals surface area contributed by atoms with Crippen molar-refractivity contribution < 1.29 is 8.42 Å². The van der Waals surface area contributed by atoms with Crippen LogP contribution < -0.4 is 0 Å². The van der Waals surface area contributed by atoms with Gasteiger partial charge in [-0.15, -0.1) is 0 Å². The zero-order chi connectivity index (χ0) is 18.9. The van der Waals surface area contributed by atoms with Crippen molar-refractivity contribution >= 4 is 21.8 Å². The normalized spacial score (nSPS) is 27.5. The third-order valence-corrected chi connectivity index (χ3v) is 7.46. The molecule has 1 atom stereocenters. The minimum absolute atomic E-state index is 0.283. The van der Waals surface area contributed by atoms with Gasteiger partial charge >= 0.3 is 0 Å². The predicted octanol–water partition coefficient (Wildman–Crippen LogP) is 2.94. The van der Waals surface area contributed by atoms with E-state index < -0.39 is 15.2 Å². The van der Waals surface area contributed by atoms with Gasteiger partial charge in [-0.3, -0.25) is 9.98 Å². The van der Waals surface area contributed by atoms with Crippen LogP contribution in [0.4, 0.5) is 0 Å². The first-order valence-corrected chi connectivity index (χ1v) is 10.9. The molecule has 0 N–H and O–H groups in total. The molecule has 2 aliphatic heterocycles. The molecule has 0 bridgehead atoms. The number of nitrogens with zero attached hydrogens (tertiary/aromatic N) is 4. The summed E-state index contributed by atoms with van der Waals surface area (Å²) in [5.74, 6) is 0.488. The van der Waals surface area contributed by atoms with Crippen LogP contribution in [0, 0.1) is 17.2 Å². The van der Waals surface area contributed by atoms with Crippen LogP contribution in [0.25, 0.3) is 0 Å². The summed E-state index contributed by atoms with van der Waals surface area (Å²) < 4.78 is 25.9. The number of benzene rings is 1. The number of allylic oxidation sites excluding steroid dienone is 1. The van der Waals surface area contributed by atoms with Gasteiger partial charge in [0.25, 0.3) is 0 Å². The Kier molecular flexibility index (Phi) is 4.83. The largest absolute Gasteiger partial charge is 0.347 e. The van der Waals surface area contributed by atoms with E-state index in [2.05, 4.69) is 21.0 Å². The van der Waals surface area contributed by atoms with Gasteiger partial charge in [-0.25, -0.2) is 8.42 Å². The monoisotopic (exact) mass is 382 g/mol. The van der Waals surface area contributed by atoms with Crippen LogP contribution in [0.3, 0.4) is 0 Å². The van der Waals surface area contributed by atoms with Crippen LogP contribution in [0.2, 0.25) is 0 Å². The van der Waals surface area contributed by atoms with E-state index in [-0.39, 0.29) is 4.90 Å². The summed E-state index contributed by atoms with van der Waals surface area (Å²) in [6.07, 6.45) is 8.08. The van der Waals surface area contributed by atoms with E-state index in [1.165, 1.54) is 0 Å². The first-order valence-electron chi connectivity index (χ1n) is 9.32. The fraction of sp³-hybridized carbons (Fsp3) is 0.450. The summed E-state index contributed by atoms with van der Waals surface area (Å²) in [5, 5.41) is 7.98. The number of hydrogen-bond donors (Lipinski definition) is 0. The van der Waals surface area contributed by atoms with Crippen molar-refractivity contribution in [3.05, 3.63) is 42.1 Å². The molecule has 140 valence electrons. The molecular formula is C20H22N4O2S. The van der Waals surface area contributed by atoms with Gasteiger partial charge in [-0.05, 0) is 49.8 Å². The molecule has 1 aromatic rings. The van der Waals surface area contributed by atoms with Gasteiger partial charge in [0.2, 0.25) is 9.84 Å². The highest BCUT2D eigenvalue weighted by Gasteiger charge is 2.35. The lowest BCUT2D eigenvalue weighted by Crippen LogP contribution is -2.38. The quantitative estimate of drug-likeness (QED) is 0.801. The van der Waals surface area contributed by atoms with Crippen LogP contribution in [0.15, 0.2) is 57.0 Å². The van der Waals surface area contributed by atoms with E-state index in [1.807, 2.05) is 0 Å². The number of hydrogen-bond acceptors (Lipinski definition) is 6. The van der Waals surface area contributed by atoms with Gasteiger partial charge in [-0.2, -0.15) is 5.26 Å². The van der Waals surface area contributed by atoms with Gasteiger partial charge in [-0.1, -0.05) is 18.2 Å². The Hall–Kier alpha value is -2.46.